The van der Waals surface area contributed by atoms with Crippen LogP contribution in [0.5, 0.6) is 11.5 Å². The van der Waals surface area contributed by atoms with Crippen LogP contribution in [0.3, 0.4) is 0 Å². The number of carbonyl (C=O) groups is 1. The van der Waals surface area contributed by atoms with E-state index in [1.165, 1.54) is 0 Å². The molecule has 1 atom stereocenters. The summed E-state index contributed by atoms with van der Waals surface area (Å²) >= 11 is 5.82. The molecule has 1 aliphatic rings. The first kappa shape index (κ1) is 16.0. The van der Waals surface area contributed by atoms with Gasteiger partial charge in [-0.2, -0.15) is 0 Å². The van der Waals surface area contributed by atoms with Gasteiger partial charge in [0.25, 0.3) is 5.91 Å². The normalized spacial score (nSPS) is 18.4. The lowest BCUT2D eigenvalue weighted by Gasteiger charge is -2.32. The Morgan fingerprint density at radius 1 is 1.29 bits per heavy atom. The molecule has 116 valence electrons. The number of carbonyl (C=O) groups excluding carboxylic acids is 1. The number of ether oxygens (including phenoxy) is 2. The molecule has 1 heterocycles. The fourth-order valence-electron chi connectivity index (χ4n) is 2.75. The predicted octanol–water partition coefficient (Wildman–Crippen LogP) is 3.18. The van der Waals surface area contributed by atoms with Crippen LogP contribution in [0.2, 0.25) is 0 Å². The Hall–Kier alpha value is -1.42. The van der Waals surface area contributed by atoms with Crippen LogP contribution in [0.4, 0.5) is 0 Å². The fraction of sp³-hybridized carbons (Fsp3) is 0.562. The van der Waals surface area contributed by atoms with Crippen LogP contribution in [0.15, 0.2) is 18.2 Å². The summed E-state index contributed by atoms with van der Waals surface area (Å²) in [6.07, 6.45) is 3.15. The molecule has 1 fully saturated rings. The first-order valence-electron chi connectivity index (χ1n) is 7.26. The minimum Gasteiger partial charge on any atom is -0.497 e. The maximum atomic E-state index is 12.7. The molecule has 0 aromatic heterocycles. The summed E-state index contributed by atoms with van der Waals surface area (Å²) < 4.78 is 10.5. The van der Waals surface area contributed by atoms with Crippen molar-refractivity contribution < 1.29 is 14.3 Å². The summed E-state index contributed by atoms with van der Waals surface area (Å²) in [7, 11) is 3.17. The number of methoxy groups -OCH3 is 2. The Morgan fingerprint density at radius 3 is 2.52 bits per heavy atom. The number of hydrogen-bond acceptors (Lipinski definition) is 3. The van der Waals surface area contributed by atoms with Crippen molar-refractivity contribution in [2.24, 2.45) is 5.92 Å². The van der Waals surface area contributed by atoms with E-state index in [1.807, 2.05) is 4.90 Å². The van der Waals surface area contributed by atoms with Gasteiger partial charge in [0, 0.05) is 30.6 Å². The van der Waals surface area contributed by atoms with Crippen LogP contribution < -0.4 is 9.47 Å². The summed E-state index contributed by atoms with van der Waals surface area (Å²) in [5.41, 5.74) is 0.609. The molecule has 0 radical (unpaired) electrons. The molecule has 4 nitrogen and oxygen atoms in total. The van der Waals surface area contributed by atoms with E-state index in [-0.39, 0.29) is 5.91 Å². The summed E-state index contributed by atoms with van der Waals surface area (Å²) in [5.74, 6) is 2.46. The molecule has 1 aromatic rings. The van der Waals surface area contributed by atoms with E-state index < -0.39 is 0 Å². The lowest BCUT2D eigenvalue weighted by Crippen LogP contribution is -2.40. The molecule has 21 heavy (non-hydrogen) atoms. The van der Waals surface area contributed by atoms with Gasteiger partial charge in [0.2, 0.25) is 0 Å². The number of benzene rings is 1. The van der Waals surface area contributed by atoms with E-state index in [0.29, 0.717) is 28.9 Å². The van der Waals surface area contributed by atoms with Crippen LogP contribution in [0, 0.1) is 5.92 Å². The quantitative estimate of drug-likeness (QED) is 0.784. The van der Waals surface area contributed by atoms with Crippen molar-refractivity contribution >= 4 is 17.5 Å². The van der Waals surface area contributed by atoms with Gasteiger partial charge in [-0.1, -0.05) is 0 Å². The zero-order valence-electron chi connectivity index (χ0n) is 12.6. The molecule has 0 bridgehead atoms. The Labute approximate surface area is 131 Å². The number of amides is 1. The number of nitrogens with zero attached hydrogens (tertiary/aromatic N) is 1. The second kappa shape index (κ2) is 7.55. The molecule has 1 aromatic carbocycles. The van der Waals surface area contributed by atoms with Gasteiger partial charge in [-0.3, -0.25) is 4.79 Å². The third kappa shape index (κ3) is 4.03. The van der Waals surface area contributed by atoms with E-state index >= 15 is 0 Å². The molecule has 1 saturated heterocycles. The lowest BCUT2D eigenvalue weighted by atomic mass is 9.95. The number of piperidine rings is 1. The van der Waals surface area contributed by atoms with Gasteiger partial charge in [0.15, 0.2) is 0 Å². The molecule has 0 N–H and O–H groups in total. The zero-order chi connectivity index (χ0) is 15.2. The van der Waals surface area contributed by atoms with Crippen molar-refractivity contribution in [3.63, 3.8) is 0 Å². The van der Waals surface area contributed by atoms with E-state index in [9.17, 15) is 4.79 Å². The van der Waals surface area contributed by atoms with Crippen molar-refractivity contribution in [3.8, 4) is 11.5 Å². The fourth-order valence-corrected chi connectivity index (χ4v) is 3.06. The monoisotopic (exact) mass is 311 g/mol. The molecule has 5 heteroatoms. The molecule has 1 aliphatic heterocycles. The number of hydrogen-bond donors (Lipinski definition) is 0. The molecule has 1 unspecified atom stereocenters. The molecular weight excluding hydrogens is 290 g/mol. The van der Waals surface area contributed by atoms with Crippen molar-refractivity contribution in [1.82, 2.24) is 4.90 Å². The Morgan fingerprint density at radius 2 is 1.95 bits per heavy atom. The summed E-state index contributed by atoms with van der Waals surface area (Å²) in [5, 5.41) is 0. The maximum Gasteiger partial charge on any atom is 0.254 e. The summed E-state index contributed by atoms with van der Waals surface area (Å²) in [4.78, 5) is 14.6. The predicted molar refractivity (Wildman–Crippen MR) is 83.5 cm³/mol. The minimum absolute atomic E-state index is 0.0338. The molecular formula is C16H22ClNO3. The lowest BCUT2D eigenvalue weighted by molar-refractivity contribution is 0.0671. The average Bonchev–Trinajstić information content (AvgIpc) is 2.54. The third-order valence-electron chi connectivity index (χ3n) is 3.92. The highest BCUT2D eigenvalue weighted by molar-refractivity contribution is 6.17. The standard InChI is InChI=1S/C16H22ClNO3/c1-20-14-8-13(9-15(10-14)21-2)16(19)18-7-3-4-12(11-18)5-6-17/h8-10,12H,3-7,11H2,1-2H3. The second-order valence-corrected chi connectivity index (χ2v) is 5.72. The van der Waals surface area contributed by atoms with Gasteiger partial charge in [-0.05, 0) is 37.3 Å². The van der Waals surface area contributed by atoms with Gasteiger partial charge >= 0.3 is 0 Å². The van der Waals surface area contributed by atoms with Crippen LogP contribution in [-0.4, -0.2) is 44.0 Å². The van der Waals surface area contributed by atoms with Crippen LogP contribution in [0.25, 0.3) is 0 Å². The Balaban J connectivity index is 2.15. The van der Waals surface area contributed by atoms with Crippen LogP contribution >= 0.6 is 11.6 Å². The van der Waals surface area contributed by atoms with E-state index in [1.54, 1.807) is 32.4 Å². The minimum atomic E-state index is 0.0338. The first-order chi connectivity index (χ1) is 10.2. The zero-order valence-corrected chi connectivity index (χ0v) is 13.4. The molecule has 0 saturated carbocycles. The van der Waals surface area contributed by atoms with E-state index in [0.717, 1.165) is 32.4 Å². The highest BCUT2D eigenvalue weighted by Gasteiger charge is 2.24. The average molecular weight is 312 g/mol. The van der Waals surface area contributed by atoms with Gasteiger partial charge in [-0.15, -0.1) is 11.6 Å². The number of rotatable bonds is 5. The van der Waals surface area contributed by atoms with Crippen molar-refractivity contribution in [3.05, 3.63) is 23.8 Å². The Bertz CT molecular complexity index is 468. The van der Waals surface area contributed by atoms with Gasteiger partial charge in [-0.25, -0.2) is 0 Å². The largest absolute Gasteiger partial charge is 0.497 e. The second-order valence-electron chi connectivity index (χ2n) is 5.34. The van der Waals surface area contributed by atoms with Crippen molar-refractivity contribution in [1.29, 1.82) is 0 Å². The molecule has 0 aliphatic carbocycles. The highest BCUT2D eigenvalue weighted by atomic mass is 35.5. The van der Waals surface area contributed by atoms with Gasteiger partial charge in [0.05, 0.1) is 14.2 Å². The highest BCUT2D eigenvalue weighted by Crippen LogP contribution is 2.26. The maximum absolute atomic E-state index is 12.7. The number of likely N-dealkylation sites (tertiary alicyclic amines) is 1. The SMILES string of the molecule is COc1cc(OC)cc(C(=O)N2CCCC(CCCl)C2)c1. The first-order valence-corrected chi connectivity index (χ1v) is 7.79. The van der Waals surface area contributed by atoms with Crippen molar-refractivity contribution in [2.45, 2.75) is 19.3 Å². The van der Waals surface area contributed by atoms with E-state index in [4.69, 9.17) is 21.1 Å². The summed E-state index contributed by atoms with van der Waals surface area (Å²) in [6, 6.07) is 5.29. The topological polar surface area (TPSA) is 38.8 Å². The smallest absolute Gasteiger partial charge is 0.254 e. The molecule has 0 spiro atoms. The van der Waals surface area contributed by atoms with Crippen LogP contribution in [-0.2, 0) is 0 Å². The summed E-state index contributed by atoms with van der Waals surface area (Å²) in [6.45, 7) is 1.59. The third-order valence-corrected chi connectivity index (χ3v) is 4.14. The molecule has 2 rings (SSSR count). The van der Waals surface area contributed by atoms with Gasteiger partial charge in [0.1, 0.15) is 11.5 Å². The molecule has 1 amide bonds. The van der Waals surface area contributed by atoms with E-state index in [2.05, 4.69) is 0 Å². The Kier molecular flexibility index (Phi) is 5.74. The van der Waals surface area contributed by atoms with Gasteiger partial charge < -0.3 is 14.4 Å². The number of alkyl halides is 1. The van der Waals surface area contributed by atoms with Crippen LogP contribution in [0.1, 0.15) is 29.6 Å². The van der Waals surface area contributed by atoms with Crippen molar-refractivity contribution in [2.75, 3.05) is 33.2 Å². The number of halogens is 1.